The van der Waals surface area contributed by atoms with Crippen molar-refractivity contribution in [3.63, 3.8) is 0 Å². The van der Waals surface area contributed by atoms with E-state index in [0.717, 1.165) is 13.1 Å². The Balaban J connectivity index is 1.66. The normalized spacial score (nSPS) is 26.9. The Morgan fingerprint density at radius 3 is 2.81 bits per heavy atom. The summed E-state index contributed by atoms with van der Waals surface area (Å²) >= 11 is 0. The van der Waals surface area contributed by atoms with Gasteiger partial charge in [0.05, 0.1) is 0 Å². The van der Waals surface area contributed by atoms with E-state index >= 15 is 0 Å². The standard InChI is InChI=1S/C16H17FN2O2/c1-10-6-11(7-15(18-10)16(20)21)2-3-12-13-8-19(5-4-17)9-14(12)13/h6-7,12-14H,4-5,8-9H2,1H3,(H,20,21)/t12?,13-,14+. The van der Waals surface area contributed by atoms with Crippen molar-refractivity contribution in [3.05, 3.63) is 29.1 Å². The molecule has 0 amide bonds. The van der Waals surface area contributed by atoms with E-state index in [-0.39, 0.29) is 12.4 Å². The Morgan fingerprint density at radius 2 is 2.19 bits per heavy atom. The van der Waals surface area contributed by atoms with E-state index in [1.54, 1.807) is 13.0 Å². The van der Waals surface area contributed by atoms with E-state index < -0.39 is 5.97 Å². The molecule has 3 rings (SSSR count). The fourth-order valence-electron chi connectivity index (χ4n) is 3.15. The number of fused-ring (bicyclic) bond motifs is 1. The molecule has 2 fully saturated rings. The van der Waals surface area contributed by atoms with Gasteiger partial charge in [0.2, 0.25) is 0 Å². The summed E-state index contributed by atoms with van der Waals surface area (Å²) in [5.74, 6) is 6.78. The number of carboxylic acids is 1. The maximum absolute atomic E-state index is 12.3. The van der Waals surface area contributed by atoms with Gasteiger partial charge in [-0.3, -0.25) is 0 Å². The first-order chi connectivity index (χ1) is 10.1. The third-order valence-corrected chi connectivity index (χ3v) is 4.23. The van der Waals surface area contributed by atoms with Crippen LogP contribution in [0.1, 0.15) is 21.7 Å². The predicted molar refractivity (Wildman–Crippen MR) is 75.7 cm³/mol. The molecule has 1 unspecified atom stereocenters. The first-order valence-corrected chi connectivity index (χ1v) is 7.10. The molecule has 2 heterocycles. The molecule has 1 aromatic rings. The second-order valence-electron chi connectivity index (χ2n) is 5.76. The van der Waals surface area contributed by atoms with Gasteiger partial charge in [-0.2, -0.15) is 0 Å². The zero-order valence-electron chi connectivity index (χ0n) is 11.8. The number of alkyl halides is 1. The number of hydrogen-bond donors (Lipinski definition) is 1. The molecule has 4 nitrogen and oxygen atoms in total. The number of carboxylic acid groups (broad SMARTS) is 1. The lowest BCUT2D eigenvalue weighted by atomic mass is 10.1. The third-order valence-electron chi connectivity index (χ3n) is 4.23. The molecule has 2 aliphatic rings. The predicted octanol–water partition coefficient (Wildman–Crippen LogP) is 1.59. The van der Waals surface area contributed by atoms with Gasteiger partial charge in [-0.05, 0) is 30.9 Å². The SMILES string of the molecule is Cc1cc(C#CC2[C@H]3CN(CCF)C[C@@H]23)cc(C(=O)O)n1. The van der Waals surface area contributed by atoms with Gasteiger partial charge in [0, 0.05) is 36.8 Å². The van der Waals surface area contributed by atoms with Crippen molar-refractivity contribution in [2.24, 2.45) is 17.8 Å². The maximum atomic E-state index is 12.3. The van der Waals surface area contributed by atoms with Crippen LogP contribution in [-0.4, -0.2) is 47.3 Å². The van der Waals surface area contributed by atoms with Crippen LogP contribution >= 0.6 is 0 Å². The Bertz CT molecular complexity index is 623. The van der Waals surface area contributed by atoms with Crippen molar-refractivity contribution in [1.29, 1.82) is 0 Å². The lowest BCUT2D eigenvalue weighted by molar-refractivity contribution is 0.0690. The van der Waals surface area contributed by atoms with Gasteiger partial charge in [-0.15, -0.1) is 0 Å². The van der Waals surface area contributed by atoms with Gasteiger partial charge in [0.15, 0.2) is 0 Å². The van der Waals surface area contributed by atoms with E-state index in [1.165, 1.54) is 6.07 Å². The topological polar surface area (TPSA) is 53.4 Å². The average molecular weight is 288 g/mol. The molecule has 0 aromatic carbocycles. The van der Waals surface area contributed by atoms with E-state index in [2.05, 4.69) is 21.7 Å². The van der Waals surface area contributed by atoms with Gasteiger partial charge in [-0.1, -0.05) is 11.8 Å². The summed E-state index contributed by atoms with van der Waals surface area (Å²) < 4.78 is 12.3. The summed E-state index contributed by atoms with van der Waals surface area (Å²) in [6, 6.07) is 3.31. The molecule has 110 valence electrons. The first kappa shape index (κ1) is 14.0. The third kappa shape index (κ3) is 2.91. The molecule has 1 N–H and O–H groups in total. The number of aromatic nitrogens is 1. The number of halogens is 1. The van der Waals surface area contributed by atoms with Crippen molar-refractivity contribution in [1.82, 2.24) is 9.88 Å². The van der Waals surface area contributed by atoms with Gasteiger partial charge in [-0.25, -0.2) is 14.2 Å². The second-order valence-corrected chi connectivity index (χ2v) is 5.76. The molecule has 1 aromatic heterocycles. The molecule has 0 radical (unpaired) electrons. The van der Waals surface area contributed by atoms with E-state index in [4.69, 9.17) is 5.11 Å². The molecule has 3 atom stereocenters. The minimum atomic E-state index is -1.04. The molecule has 0 spiro atoms. The molecule has 1 saturated heterocycles. The number of rotatable bonds is 3. The monoisotopic (exact) mass is 288 g/mol. The summed E-state index contributed by atoms with van der Waals surface area (Å²) in [6.45, 7) is 3.87. The summed E-state index contributed by atoms with van der Waals surface area (Å²) in [6.07, 6.45) is 0. The highest BCUT2D eigenvalue weighted by Crippen LogP contribution is 2.51. The zero-order valence-corrected chi connectivity index (χ0v) is 11.8. The van der Waals surface area contributed by atoms with Crippen molar-refractivity contribution in [3.8, 4) is 11.8 Å². The fraction of sp³-hybridized carbons (Fsp3) is 0.500. The molecule has 5 heteroatoms. The van der Waals surface area contributed by atoms with Crippen LogP contribution in [0.5, 0.6) is 0 Å². The average Bonchev–Trinajstić information content (AvgIpc) is 2.88. The molecule has 1 aliphatic heterocycles. The number of hydrogen-bond acceptors (Lipinski definition) is 3. The van der Waals surface area contributed by atoms with Gasteiger partial charge >= 0.3 is 5.97 Å². The number of aryl methyl sites for hydroxylation is 1. The summed E-state index contributed by atoms with van der Waals surface area (Å²) in [7, 11) is 0. The minimum absolute atomic E-state index is 0.0319. The Hall–Kier alpha value is -1.93. The molecular formula is C16H17FN2O2. The molecule has 1 saturated carbocycles. The van der Waals surface area contributed by atoms with E-state index in [0.29, 0.717) is 35.6 Å². The van der Waals surface area contributed by atoms with Gasteiger partial charge < -0.3 is 10.0 Å². The fourth-order valence-corrected chi connectivity index (χ4v) is 3.15. The first-order valence-electron chi connectivity index (χ1n) is 7.10. The largest absolute Gasteiger partial charge is 0.477 e. The summed E-state index contributed by atoms with van der Waals surface area (Å²) in [5.41, 5.74) is 1.39. The number of aromatic carboxylic acids is 1. The van der Waals surface area contributed by atoms with Crippen molar-refractivity contribution < 1.29 is 14.3 Å². The van der Waals surface area contributed by atoms with Crippen LogP contribution in [0.4, 0.5) is 4.39 Å². The minimum Gasteiger partial charge on any atom is -0.477 e. The van der Waals surface area contributed by atoms with Gasteiger partial charge in [0.1, 0.15) is 12.4 Å². The highest BCUT2D eigenvalue weighted by Gasteiger charge is 2.54. The van der Waals surface area contributed by atoms with Crippen LogP contribution in [0.2, 0.25) is 0 Å². The highest BCUT2D eigenvalue weighted by molar-refractivity contribution is 5.85. The zero-order chi connectivity index (χ0) is 15.0. The Labute approximate surface area is 123 Å². The van der Waals surface area contributed by atoms with Crippen molar-refractivity contribution >= 4 is 5.97 Å². The van der Waals surface area contributed by atoms with Crippen LogP contribution < -0.4 is 0 Å². The Kier molecular flexibility index (Phi) is 3.64. The van der Waals surface area contributed by atoms with Crippen LogP contribution in [-0.2, 0) is 0 Å². The second kappa shape index (κ2) is 5.45. The Morgan fingerprint density at radius 1 is 1.48 bits per heavy atom. The highest BCUT2D eigenvalue weighted by atomic mass is 19.1. The van der Waals surface area contributed by atoms with Crippen molar-refractivity contribution in [2.45, 2.75) is 6.92 Å². The van der Waals surface area contributed by atoms with E-state index in [1.807, 2.05) is 0 Å². The number of carbonyl (C=O) groups is 1. The smallest absolute Gasteiger partial charge is 0.354 e. The van der Waals surface area contributed by atoms with Crippen LogP contribution in [0.25, 0.3) is 0 Å². The summed E-state index contributed by atoms with van der Waals surface area (Å²) in [4.78, 5) is 17.1. The molecule has 21 heavy (non-hydrogen) atoms. The molecular weight excluding hydrogens is 271 g/mol. The quantitative estimate of drug-likeness (QED) is 0.858. The van der Waals surface area contributed by atoms with Crippen LogP contribution in [0.15, 0.2) is 12.1 Å². The van der Waals surface area contributed by atoms with Gasteiger partial charge in [0.25, 0.3) is 0 Å². The number of nitrogens with zero attached hydrogens (tertiary/aromatic N) is 2. The maximum Gasteiger partial charge on any atom is 0.354 e. The van der Waals surface area contributed by atoms with Crippen LogP contribution in [0, 0.1) is 36.5 Å². The number of likely N-dealkylation sites (tertiary alicyclic amines) is 1. The summed E-state index contributed by atoms with van der Waals surface area (Å²) in [5, 5.41) is 8.99. The molecule has 1 aliphatic carbocycles. The van der Waals surface area contributed by atoms with E-state index in [9.17, 15) is 9.18 Å². The lowest BCUT2D eigenvalue weighted by Crippen LogP contribution is -2.26. The lowest BCUT2D eigenvalue weighted by Gasteiger charge is -2.15. The number of piperidine rings is 1. The molecule has 0 bridgehead atoms. The number of pyridine rings is 1. The van der Waals surface area contributed by atoms with Crippen molar-refractivity contribution in [2.75, 3.05) is 26.3 Å². The van der Waals surface area contributed by atoms with Crippen LogP contribution in [0.3, 0.4) is 0 Å².